The molecule has 3 rings (SSSR count). The van der Waals surface area contributed by atoms with Crippen LogP contribution in [0.15, 0.2) is 36.4 Å². The van der Waals surface area contributed by atoms with Crippen LogP contribution in [-0.2, 0) is 17.1 Å². The van der Waals surface area contributed by atoms with E-state index >= 15 is 0 Å². The third-order valence-electron chi connectivity index (χ3n) is 6.39. The van der Waals surface area contributed by atoms with Crippen molar-refractivity contribution in [2.45, 2.75) is 44.7 Å². The van der Waals surface area contributed by atoms with Gasteiger partial charge in [0, 0.05) is 19.5 Å². The molecule has 4 nitrogen and oxygen atoms in total. The number of amides is 2. The molecule has 1 aliphatic rings. The molecule has 0 saturated carbocycles. The van der Waals surface area contributed by atoms with Gasteiger partial charge in [-0.15, -0.1) is 0 Å². The lowest BCUT2D eigenvalue weighted by atomic mass is 9.92. The number of rotatable bonds is 4. The average Bonchev–Trinajstić information content (AvgIpc) is 3.19. The number of benzene rings is 2. The number of alkyl halides is 6. The van der Waals surface area contributed by atoms with E-state index in [1.807, 2.05) is 0 Å². The molecule has 2 aromatic carbocycles. The monoisotopic (exact) mass is 504 g/mol. The molecule has 190 valence electrons. The molecule has 0 aromatic heterocycles. The van der Waals surface area contributed by atoms with Crippen molar-refractivity contribution in [3.05, 3.63) is 70.0 Å². The van der Waals surface area contributed by atoms with Gasteiger partial charge in [0.15, 0.2) is 0 Å². The summed E-state index contributed by atoms with van der Waals surface area (Å²) in [6.45, 7) is 3.07. The maximum Gasteiger partial charge on any atom is 0.416 e. The first-order valence-corrected chi connectivity index (χ1v) is 10.7. The van der Waals surface area contributed by atoms with E-state index in [2.05, 4.69) is 0 Å². The van der Waals surface area contributed by atoms with Gasteiger partial charge >= 0.3 is 18.4 Å². The summed E-state index contributed by atoms with van der Waals surface area (Å²) < 4.78 is 93.3. The summed E-state index contributed by atoms with van der Waals surface area (Å²) in [6, 6.07) is 2.53. The first-order valence-electron chi connectivity index (χ1n) is 10.7. The molecule has 0 N–H and O–H groups in total. The van der Waals surface area contributed by atoms with E-state index in [0.717, 1.165) is 4.90 Å². The highest BCUT2D eigenvalue weighted by atomic mass is 19.4. The summed E-state index contributed by atoms with van der Waals surface area (Å²) in [5.74, 6) is -1.10. The van der Waals surface area contributed by atoms with Gasteiger partial charge in [-0.3, -0.25) is 0 Å². The molecule has 11 heteroatoms. The molecule has 1 aliphatic heterocycles. The van der Waals surface area contributed by atoms with Crippen molar-refractivity contribution in [1.82, 2.24) is 9.80 Å². The van der Waals surface area contributed by atoms with Gasteiger partial charge in [0.2, 0.25) is 0 Å². The Morgan fingerprint density at radius 1 is 1.06 bits per heavy atom. The standard InChI is InChI=1S/C24H23F7N2O2/c1-13-8-19(25)4-5-20(13)21-15(12-34)6-7-33(21)22(35)32(3)14(2)16-9-17(23(26,27)28)11-18(10-16)24(29,30)31/h4-5,8-12,14-15,21H,6-7H2,1-3H3/t14-,15?,21?/m1/s1. The lowest BCUT2D eigenvalue weighted by Gasteiger charge is -2.35. The second-order valence-electron chi connectivity index (χ2n) is 8.64. The van der Waals surface area contributed by atoms with Crippen LogP contribution in [0.25, 0.3) is 0 Å². The maximum atomic E-state index is 13.6. The zero-order chi connectivity index (χ0) is 26.3. The Morgan fingerprint density at radius 2 is 1.63 bits per heavy atom. The zero-order valence-corrected chi connectivity index (χ0v) is 19.0. The van der Waals surface area contributed by atoms with Crippen molar-refractivity contribution in [3.63, 3.8) is 0 Å². The smallest absolute Gasteiger partial charge is 0.321 e. The third-order valence-corrected chi connectivity index (χ3v) is 6.39. The van der Waals surface area contributed by atoms with Gasteiger partial charge in [-0.25, -0.2) is 9.18 Å². The summed E-state index contributed by atoms with van der Waals surface area (Å²) in [5.41, 5.74) is -2.25. The van der Waals surface area contributed by atoms with Gasteiger partial charge in [-0.2, -0.15) is 26.3 Å². The fourth-order valence-corrected chi connectivity index (χ4v) is 4.35. The van der Waals surface area contributed by atoms with Crippen LogP contribution in [0, 0.1) is 18.7 Å². The zero-order valence-electron chi connectivity index (χ0n) is 19.0. The van der Waals surface area contributed by atoms with Crippen LogP contribution >= 0.6 is 0 Å². The van der Waals surface area contributed by atoms with Gasteiger partial charge in [-0.05, 0) is 67.3 Å². The Morgan fingerprint density at radius 3 is 2.11 bits per heavy atom. The Labute approximate surface area is 197 Å². The van der Waals surface area contributed by atoms with Gasteiger partial charge in [0.05, 0.1) is 23.2 Å². The van der Waals surface area contributed by atoms with Crippen molar-refractivity contribution < 1.29 is 40.3 Å². The lowest BCUT2D eigenvalue weighted by molar-refractivity contribution is -0.143. The van der Waals surface area contributed by atoms with E-state index in [0.29, 0.717) is 36.0 Å². The number of aldehydes is 1. The van der Waals surface area contributed by atoms with Crippen molar-refractivity contribution in [3.8, 4) is 0 Å². The van der Waals surface area contributed by atoms with Crippen LogP contribution in [0.1, 0.15) is 53.2 Å². The number of aryl methyl sites for hydroxylation is 1. The molecule has 35 heavy (non-hydrogen) atoms. The minimum Gasteiger partial charge on any atom is -0.321 e. The Bertz CT molecular complexity index is 1080. The highest BCUT2D eigenvalue weighted by molar-refractivity contribution is 5.77. The Kier molecular flexibility index (Phi) is 7.19. The fraction of sp³-hybridized carbons (Fsp3) is 0.417. The van der Waals surface area contributed by atoms with Gasteiger partial charge in [0.25, 0.3) is 0 Å². The molecule has 2 aromatic rings. The number of carbonyl (C=O) groups excluding carboxylic acids is 2. The third kappa shape index (κ3) is 5.43. The van der Waals surface area contributed by atoms with Crippen LogP contribution in [0.4, 0.5) is 35.5 Å². The number of likely N-dealkylation sites (tertiary alicyclic amines) is 1. The summed E-state index contributed by atoms with van der Waals surface area (Å²) in [7, 11) is 1.27. The van der Waals surface area contributed by atoms with Crippen molar-refractivity contribution in [2.24, 2.45) is 5.92 Å². The Balaban J connectivity index is 1.97. The number of halogens is 7. The molecule has 0 aliphatic carbocycles. The summed E-state index contributed by atoms with van der Waals surface area (Å²) in [5, 5.41) is 0. The molecular weight excluding hydrogens is 481 g/mol. The number of hydrogen-bond acceptors (Lipinski definition) is 2. The number of urea groups is 1. The van der Waals surface area contributed by atoms with Gasteiger partial charge < -0.3 is 14.6 Å². The predicted molar refractivity (Wildman–Crippen MR) is 113 cm³/mol. The van der Waals surface area contributed by atoms with E-state index in [4.69, 9.17) is 0 Å². The summed E-state index contributed by atoms with van der Waals surface area (Å²) >= 11 is 0. The predicted octanol–water partition coefficient (Wildman–Crippen LogP) is 6.55. The molecule has 2 unspecified atom stereocenters. The number of carbonyl (C=O) groups is 2. The maximum absolute atomic E-state index is 13.6. The summed E-state index contributed by atoms with van der Waals surface area (Å²) in [6.07, 6.45) is -9.04. The molecule has 0 spiro atoms. The molecular formula is C24H23F7N2O2. The second-order valence-corrected chi connectivity index (χ2v) is 8.64. The average molecular weight is 504 g/mol. The topological polar surface area (TPSA) is 40.6 Å². The van der Waals surface area contributed by atoms with Crippen LogP contribution in [-0.4, -0.2) is 35.7 Å². The van der Waals surface area contributed by atoms with E-state index in [1.165, 1.54) is 37.1 Å². The first-order chi connectivity index (χ1) is 16.1. The van der Waals surface area contributed by atoms with E-state index in [-0.39, 0.29) is 18.2 Å². The first kappa shape index (κ1) is 26.5. The van der Waals surface area contributed by atoms with Crippen LogP contribution in [0.2, 0.25) is 0 Å². The number of nitrogens with zero attached hydrogens (tertiary/aromatic N) is 2. The highest BCUT2D eigenvalue weighted by Gasteiger charge is 2.41. The van der Waals surface area contributed by atoms with Crippen molar-refractivity contribution >= 4 is 12.3 Å². The van der Waals surface area contributed by atoms with E-state index < -0.39 is 53.3 Å². The normalized spacial score (nSPS) is 19.5. The quantitative estimate of drug-likeness (QED) is 0.350. The van der Waals surface area contributed by atoms with Crippen LogP contribution in [0.3, 0.4) is 0 Å². The van der Waals surface area contributed by atoms with Crippen LogP contribution in [0.5, 0.6) is 0 Å². The molecule has 0 bridgehead atoms. The SMILES string of the molecule is Cc1cc(F)ccc1C1C(C=O)CCN1C(=O)N(C)[C@H](C)c1cc(C(F)(F)F)cc(C(F)(F)F)c1. The molecule has 1 heterocycles. The molecule has 3 atom stereocenters. The van der Waals surface area contributed by atoms with Crippen LogP contribution < -0.4 is 0 Å². The van der Waals surface area contributed by atoms with Crippen molar-refractivity contribution in [1.29, 1.82) is 0 Å². The lowest BCUT2D eigenvalue weighted by Crippen LogP contribution is -2.42. The van der Waals surface area contributed by atoms with Gasteiger partial charge in [-0.1, -0.05) is 6.07 Å². The largest absolute Gasteiger partial charge is 0.416 e. The molecule has 2 amide bonds. The minimum atomic E-state index is -5.02. The molecule has 0 radical (unpaired) electrons. The van der Waals surface area contributed by atoms with E-state index in [9.17, 15) is 40.3 Å². The fourth-order valence-electron chi connectivity index (χ4n) is 4.35. The van der Waals surface area contributed by atoms with Gasteiger partial charge in [0.1, 0.15) is 12.1 Å². The summed E-state index contributed by atoms with van der Waals surface area (Å²) in [4.78, 5) is 27.4. The molecule has 1 fully saturated rings. The minimum absolute atomic E-state index is 0.0283. The van der Waals surface area contributed by atoms with E-state index in [1.54, 1.807) is 6.92 Å². The second kappa shape index (κ2) is 9.50. The highest BCUT2D eigenvalue weighted by Crippen LogP contribution is 2.41. The number of hydrogen-bond donors (Lipinski definition) is 0. The molecule has 1 saturated heterocycles. The Hall–Kier alpha value is -3.11. The van der Waals surface area contributed by atoms with Crippen molar-refractivity contribution in [2.75, 3.05) is 13.6 Å².